The molecule has 0 amide bonds. The average Bonchev–Trinajstić information content (AvgIpc) is 2.16. The van der Waals surface area contributed by atoms with E-state index in [1.807, 2.05) is 6.92 Å². The average molecular weight is 198 g/mol. The summed E-state index contributed by atoms with van der Waals surface area (Å²) in [6, 6.07) is 4.32. The first-order valence-corrected chi connectivity index (χ1v) is 4.57. The van der Waals surface area contributed by atoms with Crippen molar-refractivity contribution in [1.82, 2.24) is 0 Å². The molecule has 1 N–H and O–H groups in total. The molecule has 78 valence electrons. The molecule has 0 aromatic heterocycles. The fourth-order valence-electron chi connectivity index (χ4n) is 1.32. The first-order valence-electron chi connectivity index (χ1n) is 4.57. The quantitative estimate of drug-likeness (QED) is 0.807. The van der Waals surface area contributed by atoms with E-state index in [4.69, 9.17) is 4.74 Å². The van der Waals surface area contributed by atoms with Crippen molar-refractivity contribution in [3.05, 3.63) is 29.6 Å². The zero-order valence-electron chi connectivity index (χ0n) is 8.62. The van der Waals surface area contributed by atoms with Crippen LogP contribution in [-0.2, 0) is 0 Å². The van der Waals surface area contributed by atoms with Crippen LogP contribution < -0.4 is 4.74 Å². The molecule has 0 bridgehead atoms. The lowest BCUT2D eigenvalue weighted by Crippen LogP contribution is -2.12. The number of methoxy groups -OCH3 is 1. The fraction of sp³-hybridized carbons (Fsp3) is 0.455. The van der Waals surface area contributed by atoms with Gasteiger partial charge in [-0.05, 0) is 25.1 Å². The van der Waals surface area contributed by atoms with E-state index >= 15 is 0 Å². The molecule has 0 radical (unpaired) electrons. The van der Waals surface area contributed by atoms with Crippen LogP contribution in [0.3, 0.4) is 0 Å². The molecule has 2 atom stereocenters. The smallest absolute Gasteiger partial charge is 0.123 e. The highest BCUT2D eigenvalue weighted by atomic mass is 19.1. The summed E-state index contributed by atoms with van der Waals surface area (Å²) in [6.45, 7) is 3.51. The van der Waals surface area contributed by atoms with E-state index < -0.39 is 6.10 Å². The summed E-state index contributed by atoms with van der Waals surface area (Å²) in [5.41, 5.74) is 0.697. The molecule has 0 fully saturated rings. The highest BCUT2D eigenvalue weighted by Gasteiger charge is 2.16. The van der Waals surface area contributed by atoms with Gasteiger partial charge in [-0.2, -0.15) is 0 Å². The Labute approximate surface area is 83.3 Å². The van der Waals surface area contributed by atoms with Gasteiger partial charge in [0.1, 0.15) is 11.6 Å². The van der Waals surface area contributed by atoms with Gasteiger partial charge in [0.05, 0.1) is 13.2 Å². The number of benzene rings is 1. The van der Waals surface area contributed by atoms with Crippen molar-refractivity contribution in [2.75, 3.05) is 7.11 Å². The Morgan fingerprint density at radius 1 is 1.36 bits per heavy atom. The maximum Gasteiger partial charge on any atom is 0.123 e. The minimum atomic E-state index is -0.523. The molecule has 0 saturated carbocycles. The summed E-state index contributed by atoms with van der Waals surface area (Å²) in [4.78, 5) is 0. The summed E-state index contributed by atoms with van der Waals surface area (Å²) in [5, 5.41) is 9.41. The van der Waals surface area contributed by atoms with E-state index in [-0.39, 0.29) is 11.7 Å². The van der Waals surface area contributed by atoms with E-state index in [1.54, 1.807) is 13.0 Å². The lowest BCUT2D eigenvalue weighted by molar-refractivity contribution is 0.167. The summed E-state index contributed by atoms with van der Waals surface area (Å²) in [5.74, 6) is 0.161. The SMILES string of the molecule is COc1ccc(F)cc1C(C)C(C)O. The number of hydrogen-bond donors (Lipinski definition) is 1. The Kier molecular flexibility index (Phi) is 3.47. The Bertz CT molecular complexity index is 310. The normalized spacial score (nSPS) is 14.9. The molecule has 0 heterocycles. The molecule has 0 saturated heterocycles. The van der Waals surface area contributed by atoms with Crippen LogP contribution >= 0.6 is 0 Å². The van der Waals surface area contributed by atoms with Gasteiger partial charge in [0.25, 0.3) is 0 Å². The van der Waals surface area contributed by atoms with E-state index in [0.717, 1.165) is 0 Å². The third kappa shape index (κ3) is 2.23. The van der Waals surface area contributed by atoms with Crippen LogP contribution in [0.15, 0.2) is 18.2 Å². The number of hydrogen-bond acceptors (Lipinski definition) is 2. The molecule has 1 rings (SSSR count). The molecule has 0 aliphatic carbocycles. The van der Waals surface area contributed by atoms with Crippen LogP contribution in [0.5, 0.6) is 5.75 Å². The molecule has 2 unspecified atom stereocenters. The molecule has 1 aromatic carbocycles. The van der Waals surface area contributed by atoms with E-state index in [1.165, 1.54) is 19.2 Å². The molecule has 2 nitrogen and oxygen atoms in total. The summed E-state index contributed by atoms with van der Waals surface area (Å²) in [7, 11) is 1.53. The minimum absolute atomic E-state index is 0.138. The highest BCUT2D eigenvalue weighted by molar-refractivity contribution is 5.36. The van der Waals surface area contributed by atoms with Gasteiger partial charge in [-0.25, -0.2) is 4.39 Å². The van der Waals surface area contributed by atoms with Crippen molar-refractivity contribution in [3.63, 3.8) is 0 Å². The Hall–Kier alpha value is -1.09. The van der Waals surface area contributed by atoms with E-state index in [2.05, 4.69) is 0 Å². The number of rotatable bonds is 3. The number of aliphatic hydroxyl groups excluding tert-OH is 1. The summed E-state index contributed by atoms with van der Waals surface area (Å²) < 4.78 is 18.1. The molecule has 1 aromatic rings. The maximum absolute atomic E-state index is 13.0. The predicted molar refractivity (Wildman–Crippen MR) is 53.0 cm³/mol. The molecule has 14 heavy (non-hydrogen) atoms. The van der Waals surface area contributed by atoms with Gasteiger partial charge >= 0.3 is 0 Å². The topological polar surface area (TPSA) is 29.5 Å². The summed E-state index contributed by atoms with van der Waals surface area (Å²) >= 11 is 0. The fourth-order valence-corrected chi connectivity index (χ4v) is 1.32. The van der Waals surface area contributed by atoms with Gasteiger partial charge in [-0.3, -0.25) is 0 Å². The van der Waals surface area contributed by atoms with Crippen LogP contribution in [0.4, 0.5) is 4.39 Å². The highest BCUT2D eigenvalue weighted by Crippen LogP contribution is 2.29. The molecule has 0 spiro atoms. The second-order valence-electron chi connectivity index (χ2n) is 3.42. The second kappa shape index (κ2) is 4.42. The zero-order valence-corrected chi connectivity index (χ0v) is 8.62. The van der Waals surface area contributed by atoms with Crippen molar-refractivity contribution >= 4 is 0 Å². The van der Waals surface area contributed by atoms with E-state index in [9.17, 15) is 9.50 Å². The largest absolute Gasteiger partial charge is 0.496 e. The van der Waals surface area contributed by atoms with Crippen molar-refractivity contribution < 1.29 is 14.2 Å². The monoisotopic (exact) mass is 198 g/mol. The number of ether oxygens (including phenoxy) is 1. The van der Waals surface area contributed by atoms with Gasteiger partial charge in [0.2, 0.25) is 0 Å². The Balaban J connectivity index is 3.10. The number of halogens is 1. The zero-order chi connectivity index (χ0) is 10.7. The van der Waals surface area contributed by atoms with Crippen molar-refractivity contribution in [3.8, 4) is 5.75 Å². The van der Waals surface area contributed by atoms with Crippen LogP contribution in [0.2, 0.25) is 0 Å². The lowest BCUT2D eigenvalue weighted by Gasteiger charge is -2.18. The van der Waals surface area contributed by atoms with Gasteiger partial charge in [0.15, 0.2) is 0 Å². The Morgan fingerprint density at radius 2 is 2.00 bits per heavy atom. The molecule has 0 aliphatic rings. The van der Waals surface area contributed by atoms with Crippen LogP contribution in [0.1, 0.15) is 25.3 Å². The van der Waals surface area contributed by atoms with Crippen LogP contribution in [0, 0.1) is 5.82 Å². The Morgan fingerprint density at radius 3 is 2.50 bits per heavy atom. The standard InChI is InChI=1S/C11H15FO2/c1-7(8(2)13)10-6-9(12)4-5-11(10)14-3/h4-8,13H,1-3H3. The van der Waals surface area contributed by atoms with Gasteiger partial charge < -0.3 is 9.84 Å². The third-order valence-electron chi connectivity index (χ3n) is 2.41. The molecule has 3 heteroatoms. The maximum atomic E-state index is 13.0. The molecular formula is C11H15FO2. The van der Waals surface area contributed by atoms with Gasteiger partial charge in [-0.15, -0.1) is 0 Å². The van der Waals surface area contributed by atoms with Crippen molar-refractivity contribution in [2.45, 2.75) is 25.9 Å². The molecule has 0 aliphatic heterocycles. The van der Waals surface area contributed by atoms with Gasteiger partial charge in [0, 0.05) is 11.5 Å². The van der Waals surface area contributed by atoms with Gasteiger partial charge in [-0.1, -0.05) is 6.92 Å². The lowest BCUT2D eigenvalue weighted by atomic mass is 9.95. The van der Waals surface area contributed by atoms with E-state index in [0.29, 0.717) is 11.3 Å². The first-order chi connectivity index (χ1) is 6.56. The van der Waals surface area contributed by atoms with Crippen LogP contribution in [0.25, 0.3) is 0 Å². The van der Waals surface area contributed by atoms with Crippen molar-refractivity contribution in [1.29, 1.82) is 0 Å². The first kappa shape index (κ1) is 11.0. The van der Waals surface area contributed by atoms with Crippen molar-refractivity contribution in [2.24, 2.45) is 0 Å². The summed E-state index contributed by atoms with van der Waals surface area (Å²) in [6.07, 6.45) is -0.523. The molecular weight excluding hydrogens is 183 g/mol. The predicted octanol–water partition coefficient (Wildman–Crippen LogP) is 2.32. The second-order valence-corrected chi connectivity index (χ2v) is 3.42. The minimum Gasteiger partial charge on any atom is -0.496 e. The third-order valence-corrected chi connectivity index (χ3v) is 2.41. The number of aliphatic hydroxyl groups is 1. The van der Waals surface area contributed by atoms with Crippen LogP contribution in [-0.4, -0.2) is 18.3 Å².